The molecule has 2 fully saturated rings. The Morgan fingerprint density at radius 2 is 1.68 bits per heavy atom. The van der Waals surface area contributed by atoms with Crippen molar-refractivity contribution in [3.8, 4) is 0 Å². The molecule has 0 saturated carbocycles. The van der Waals surface area contributed by atoms with Crippen LogP contribution in [0.25, 0.3) is 0 Å². The molecule has 0 aromatic heterocycles. The van der Waals surface area contributed by atoms with Gasteiger partial charge in [-0.25, -0.2) is 4.79 Å². The van der Waals surface area contributed by atoms with Gasteiger partial charge in [-0.1, -0.05) is 0 Å². The summed E-state index contributed by atoms with van der Waals surface area (Å²) >= 11 is 0. The second-order valence-corrected chi connectivity index (χ2v) is 5.15. The molecule has 2 heterocycles. The highest BCUT2D eigenvalue weighted by molar-refractivity contribution is 5.79. The molecule has 2 rings (SSSR count). The van der Waals surface area contributed by atoms with E-state index in [0.29, 0.717) is 32.8 Å². The average molecular weight is 270 g/mol. The number of nitrogens with zero attached hydrogens (tertiary/aromatic N) is 2. The smallest absolute Gasteiger partial charge is 0.409 e. The molecular weight excluding hydrogens is 246 g/mol. The molecule has 2 aliphatic rings. The summed E-state index contributed by atoms with van der Waals surface area (Å²) in [6.45, 7) is 6.76. The van der Waals surface area contributed by atoms with Gasteiger partial charge >= 0.3 is 6.09 Å². The van der Waals surface area contributed by atoms with Gasteiger partial charge in [-0.15, -0.1) is 0 Å². The molecule has 0 unspecified atom stereocenters. The van der Waals surface area contributed by atoms with Crippen LogP contribution in [0.1, 0.15) is 19.8 Å². The van der Waals surface area contributed by atoms with Crippen molar-refractivity contribution in [2.24, 2.45) is 5.92 Å². The van der Waals surface area contributed by atoms with Gasteiger partial charge in [0.2, 0.25) is 5.91 Å². The Morgan fingerprint density at radius 1 is 1.11 bits per heavy atom. The molecule has 2 saturated heterocycles. The summed E-state index contributed by atoms with van der Waals surface area (Å²) in [5, 5.41) is 2.27. The molecule has 0 aliphatic carbocycles. The third kappa shape index (κ3) is 3.59. The summed E-state index contributed by atoms with van der Waals surface area (Å²) in [6.07, 6.45) is 1.70. The second-order valence-electron chi connectivity index (χ2n) is 5.15. The minimum Gasteiger partial charge on any atom is -0.450 e. The minimum absolute atomic E-state index is 0.194. The highest BCUT2D eigenvalue weighted by Gasteiger charge is 2.30. The lowest BCUT2D eigenvalue weighted by atomic mass is 9.96. The molecule has 0 aromatic rings. The third-order valence-electron chi connectivity index (χ3n) is 3.91. The summed E-state index contributed by atoms with van der Waals surface area (Å²) < 4.78 is 4.97. The van der Waals surface area contributed by atoms with E-state index in [0.717, 1.165) is 25.9 Å². The Bertz CT molecular complexity index is 321. The van der Waals surface area contributed by atoms with Gasteiger partial charge in [-0.2, -0.15) is 0 Å². The summed E-state index contributed by atoms with van der Waals surface area (Å²) in [5.74, 6) is 0.468. The van der Waals surface area contributed by atoms with Crippen molar-refractivity contribution in [1.29, 1.82) is 0 Å². The first-order valence-corrected chi connectivity index (χ1v) is 7.24. The van der Waals surface area contributed by atoms with Gasteiger partial charge in [0.05, 0.1) is 19.7 Å². The van der Waals surface area contributed by atoms with Gasteiger partial charge in [-0.3, -0.25) is 4.79 Å². The van der Waals surface area contributed by atoms with Gasteiger partial charge in [-0.05, 0) is 6.92 Å². The Morgan fingerprint density at radius 3 is 2.26 bits per heavy atom. The van der Waals surface area contributed by atoms with E-state index in [1.54, 1.807) is 11.8 Å². The first-order chi connectivity index (χ1) is 9.22. The van der Waals surface area contributed by atoms with Crippen LogP contribution < -0.4 is 5.32 Å². The predicted molar refractivity (Wildman–Crippen MR) is 69.6 cm³/mol. The van der Waals surface area contributed by atoms with Crippen LogP contribution in [0.3, 0.4) is 0 Å². The molecule has 6 heteroatoms. The maximum atomic E-state index is 12.3. The van der Waals surface area contributed by atoms with Crippen molar-refractivity contribution in [2.75, 3.05) is 45.9 Å². The molecule has 6 nitrogen and oxygen atoms in total. The molecule has 0 bridgehead atoms. The summed E-state index contributed by atoms with van der Waals surface area (Å²) in [6, 6.07) is 0. The molecule has 2 amide bonds. The Kier molecular flexibility index (Phi) is 5.01. The normalized spacial score (nSPS) is 21.3. The third-order valence-corrected chi connectivity index (χ3v) is 3.91. The molecule has 2 aliphatic heterocycles. The SMILES string of the molecule is CCOC(=O)N1CCN(C(=O)C2CC[NH2+]CC2)CC1. The Balaban J connectivity index is 1.79. The average Bonchev–Trinajstić information content (AvgIpc) is 2.48. The first kappa shape index (κ1) is 14.1. The van der Waals surface area contributed by atoms with Crippen LogP contribution in [0.5, 0.6) is 0 Å². The fraction of sp³-hybridized carbons (Fsp3) is 0.846. The monoisotopic (exact) mass is 270 g/mol. The van der Waals surface area contributed by atoms with Gasteiger partial charge in [0.25, 0.3) is 0 Å². The van der Waals surface area contributed by atoms with Crippen LogP contribution in [0.2, 0.25) is 0 Å². The van der Waals surface area contributed by atoms with Gasteiger partial charge in [0, 0.05) is 44.9 Å². The standard InChI is InChI=1S/C13H23N3O3/c1-2-19-13(18)16-9-7-15(8-10-16)12(17)11-3-5-14-6-4-11/h11,14H,2-10H2,1H3/p+1. The summed E-state index contributed by atoms with van der Waals surface area (Å²) in [7, 11) is 0. The minimum atomic E-state index is -0.262. The first-order valence-electron chi connectivity index (χ1n) is 7.24. The van der Waals surface area contributed by atoms with E-state index in [1.165, 1.54) is 0 Å². The summed E-state index contributed by atoms with van der Waals surface area (Å²) in [5.41, 5.74) is 0. The number of piperazine rings is 1. The number of carbonyl (C=O) groups is 2. The van der Waals surface area contributed by atoms with Gasteiger partial charge in [0.1, 0.15) is 0 Å². The molecule has 2 N–H and O–H groups in total. The zero-order valence-corrected chi connectivity index (χ0v) is 11.6. The zero-order valence-electron chi connectivity index (χ0n) is 11.6. The van der Waals surface area contributed by atoms with E-state index in [2.05, 4.69) is 5.32 Å². The molecule has 0 spiro atoms. The van der Waals surface area contributed by atoms with E-state index in [9.17, 15) is 9.59 Å². The van der Waals surface area contributed by atoms with Crippen molar-refractivity contribution in [3.63, 3.8) is 0 Å². The van der Waals surface area contributed by atoms with Gasteiger partial charge in [0.15, 0.2) is 0 Å². The van der Waals surface area contributed by atoms with Crippen molar-refractivity contribution >= 4 is 12.0 Å². The fourth-order valence-electron chi connectivity index (χ4n) is 2.76. The highest BCUT2D eigenvalue weighted by atomic mass is 16.6. The van der Waals surface area contributed by atoms with E-state index < -0.39 is 0 Å². The van der Waals surface area contributed by atoms with E-state index in [1.807, 2.05) is 4.90 Å². The fourth-order valence-corrected chi connectivity index (χ4v) is 2.76. The lowest BCUT2D eigenvalue weighted by molar-refractivity contribution is -0.664. The number of carbonyl (C=O) groups excluding carboxylic acids is 2. The maximum Gasteiger partial charge on any atom is 0.409 e. The number of ether oxygens (including phenoxy) is 1. The molecule has 19 heavy (non-hydrogen) atoms. The van der Waals surface area contributed by atoms with E-state index in [-0.39, 0.29) is 17.9 Å². The number of rotatable bonds is 2. The quantitative estimate of drug-likeness (QED) is 0.719. The predicted octanol–water partition coefficient (Wildman–Crippen LogP) is -0.739. The maximum absolute atomic E-state index is 12.3. The topological polar surface area (TPSA) is 66.5 Å². The molecule has 108 valence electrons. The number of amides is 2. The van der Waals surface area contributed by atoms with Crippen LogP contribution in [0, 0.1) is 5.92 Å². The van der Waals surface area contributed by atoms with Crippen molar-refractivity contribution in [1.82, 2.24) is 9.80 Å². The number of hydrogen-bond donors (Lipinski definition) is 1. The molecule has 0 aromatic carbocycles. The highest BCUT2D eigenvalue weighted by Crippen LogP contribution is 2.15. The van der Waals surface area contributed by atoms with E-state index in [4.69, 9.17) is 4.74 Å². The van der Waals surface area contributed by atoms with Crippen LogP contribution >= 0.6 is 0 Å². The number of piperidine rings is 1. The molecule has 0 radical (unpaired) electrons. The number of nitrogens with two attached hydrogens (primary N) is 1. The zero-order chi connectivity index (χ0) is 13.7. The second kappa shape index (κ2) is 6.75. The lowest BCUT2D eigenvalue weighted by Gasteiger charge is -2.36. The summed E-state index contributed by atoms with van der Waals surface area (Å²) in [4.78, 5) is 27.5. The molecule has 0 atom stereocenters. The van der Waals surface area contributed by atoms with Crippen LogP contribution in [0.4, 0.5) is 4.79 Å². The van der Waals surface area contributed by atoms with Crippen molar-refractivity contribution < 1.29 is 19.6 Å². The lowest BCUT2D eigenvalue weighted by Crippen LogP contribution is -2.86. The van der Waals surface area contributed by atoms with Crippen molar-refractivity contribution in [3.05, 3.63) is 0 Å². The largest absolute Gasteiger partial charge is 0.450 e. The van der Waals surface area contributed by atoms with Gasteiger partial charge < -0.3 is 19.9 Å². The Hall–Kier alpha value is -1.30. The van der Waals surface area contributed by atoms with Crippen LogP contribution in [-0.2, 0) is 9.53 Å². The van der Waals surface area contributed by atoms with Crippen LogP contribution in [-0.4, -0.2) is 67.7 Å². The molecular formula is C13H24N3O3+. The number of hydrogen-bond acceptors (Lipinski definition) is 3. The van der Waals surface area contributed by atoms with Crippen molar-refractivity contribution in [2.45, 2.75) is 19.8 Å². The Labute approximate surface area is 114 Å². The van der Waals surface area contributed by atoms with E-state index >= 15 is 0 Å². The van der Waals surface area contributed by atoms with Crippen LogP contribution in [0.15, 0.2) is 0 Å². The number of quaternary nitrogens is 1.